The molecule has 0 saturated heterocycles. The molecule has 1 atom stereocenters. The molecule has 0 spiro atoms. The van der Waals surface area contributed by atoms with Gasteiger partial charge in [-0.25, -0.2) is 0 Å². The van der Waals surface area contributed by atoms with Gasteiger partial charge < -0.3 is 14.9 Å². The van der Waals surface area contributed by atoms with Crippen LogP contribution in [0.4, 0.5) is 0 Å². The Hall–Kier alpha value is -1.48. The van der Waals surface area contributed by atoms with Crippen LogP contribution in [0.2, 0.25) is 0 Å². The van der Waals surface area contributed by atoms with E-state index in [2.05, 4.69) is 19.9 Å². The van der Waals surface area contributed by atoms with Crippen molar-refractivity contribution in [2.45, 2.75) is 33.2 Å². The molecule has 0 radical (unpaired) electrons. The zero-order valence-electron chi connectivity index (χ0n) is 11.5. The smallest absolute Gasteiger partial charge is 0.175 e. The van der Waals surface area contributed by atoms with E-state index < -0.39 is 0 Å². The first-order chi connectivity index (χ1) is 8.45. The Labute approximate surface area is 108 Å². The number of para-hydroxylation sites is 1. The second-order valence-electron chi connectivity index (χ2n) is 5.55. The summed E-state index contributed by atoms with van der Waals surface area (Å²) < 4.78 is 10.9. The molecule has 0 bridgehead atoms. The number of methoxy groups -OCH3 is 1. The molecule has 98 valence electrons. The van der Waals surface area contributed by atoms with E-state index in [0.717, 1.165) is 23.1 Å². The quantitative estimate of drug-likeness (QED) is 0.901. The van der Waals surface area contributed by atoms with Gasteiger partial charge in [-0.15, -0.1) is 0 Å². The lowest BCUT2D eigenvalue weighted by molar-refractivity contribution is 0.299. The first-order valence-corrected chi connectivity index (χ1v) is 6.24. The van der Waals surface area contributed by atoms with E-state index >= 15 is 0 Å². The minimum atomic E-state index is 0.0415. The predicted octanol–water partition coefficient (Wildman–Crippen LogP) is 3.36. The summed E-state index contributed by atoms with van der Waals surface area (Å²) in [5.41, 5.74) is 8.07. The molecule has 0 fully saturated rings. The number of ether oxygens (including phenoxy) is 1. The Morgan fingerprint density at radius 2 is 2.11 bits per heavy atom. The van der Waals surface area contributed by atoms with Gasteiger partial charge in [0.15, 0.2) is 11.3 Å². The van der Waals surface area contributed by atoms with Gasteiger partial charge in [-0.3, -0.25) is 0 Å². The van der Waals surface area contributed by atoms with Gasteiger partial charge in [-0.2, -0.15) is 0 Å². The van der Waals surface area contributed by atoms with Gasteiger partial charge >= 0.3 is 0 Å². The van der Waals surface area contributed by atoms with Gasteiger partial charge in [0.05, 0.1) is 13.4 Å². The maximum Gasteiger partial charge on any atom is 0.175 e. The molecule has 0 unspecified atom stereocenters. The van der Waals surface area contributed by atoms with Gasteiger partial charge in [-0.05, 0) is 30.4 Å². The van der Waals surface area contributed by atoms with E-state index in [1.54, 1.807) is 7.11 Å². The maximum absolute atomic E-state index is 6.03. The SMILES string of the molecule is COc1cccc2c(CC(C)(C)[C@H](C)N)coc12. The number of hydrogen-bond acceptors (Lipinski definition) is 3. The van der Waals surface area contributed by atoms with Crippen molar-refractivity contribution in [2.24, 2.45) is 11.1 Å². The van der Waals surface area contributed by atoms with Crippen LogP contribution in [0.3, 0.4) is 0 Å². The summed E-state index contributed by atoms with van der Waals surface area (Å²) in [6, 6.07) is 6.09. The monoisotopic (exact) mass is 247 g/mol. The van der Waals surface area contributed by atoms with Crippen molar-refractivity contribution in [2.75, 3.05) is 7.11 Å². The highest BCUT2D eigenvalue weighted by atomic mass is 16.5. The third kappa shape index (κ3) is 2.23. The highest BCUT2D eigenvalue weighted by molar-refractivity contribution is 5.86. The summed E-state index contributed by atoms with van der Waals surface area (Å²) in [7, 11) is 1.66. The standard InChI is InChI=1S/C15H21NO2/c1-10(16)15(2,3)8-11-9-18-14-12(11)6-5-7-13(14)17-4/h5-7,9-10H,8,16H2,1-4H3/t10-/m0/s1. The highest BCUT2D eigenvalue weighted by Gasteiger charge is 2.25. The van der Waals surface area contributed by atoms with Crippen molar-refractivity contribution in [3.63, 3.8) is 0 Å². The molecule has 2 N–H and O–H groups in total. The summed E-state index contributed by atoms with van der Waals surface area (Å²) in [5, 5.41) is 1.11. The molecule has 0 aliphatic rings. The van der Waals surface area contributed by atoms with E-state index in [9.17, 15) is 0 Å². The Morgan fingerprint density at radius 1 is 1.39 bits per heavy atom. The fourth-order valence-electron chi connectivity index (χ4n) is 2.03. The molecule has 0 amide bonds. The highest BCUT2D eigenvalue weighted by Crippen LogP contribution is 2.34. The molecule has 3 nitrogen and oxygen atoms in total. The number of hydrogen-bond donors (Lipinski definition) is 1. The minimum absolute atomic E-state index is 0.0415. The molecule has 1 aromatic carbocycles. The first-order valence-electron chi connectivity index (χ1n) is 6.24. The Bertz CT molecular complexity index is 540. The average Bonchev–Trinajstić information content (AvgIpc) is 2.71. The maximum atomic E-state index is 6.03. The zero-order chi connectivity index (χ0) is 13.3. The van der Waals surface area contributed by atoms with Crippen molar-refractivity contribution in [3.8, 4) is 5.75 Å². The van der Waals surface area contributed by atoms with Crippen molar-refractivity contribution >= 4 is 11.0 Å². The van der Waals surface area contributed by atoms with E-state index in [4.69, 9.17) is 14.9 Å². The molecule has 3 heteroatoms. The third-order valence-corrected chi connectivity index (χ3v) is 3.74. The lowest BCUT2D eigenvalue weighted by atomic mass is 9.80. The van der Waals surface area contributed by atoms with Crippen LogP contribution in [-0.2, 0) is 6.42 Å². The average molecular weight is 247 g/mol. The Kier molecular flexibility index (Phi) is 3.35. The van der Waals surface area contributed by atoms with Crippen LogP contribution in [0, 0.1) is 5.41 Å². The molecule has 2 aromatic rings. The van der Waals surface area contributed by atoms with Crippen molar-refractivity contribution in [1.82, 2.24) is 0 Å². The lowest BCUT2D eigenvalue weighted by Crippen LogP contribution is -2.36. The van der Waals surface area contributed by atoms with Gasteiger partial charge in [-0.1, -0.05) is 26.0 Å². The van der Waals surface area contributed by atoms with Crippen molar-refractivity contribution in [3.05, 3.63) is 30.0 Å². The topological polar surface area (TPSA) is 48.4 Å². The summed E-state index contributed by atoms with van der Waals surface area (Å²) in [5.74, 6) is 0.775. The Balaban J connectivity index is 2.42. The largest absolute Gasteiger partial charge is 0.493 e. The molecule has 0 saturated carbocycles. The summed E-state index contributed by atoms with van der Waals surface area (Å²) in [4.78, 5) is 0. The van der Waals surface area contributed by atoms with Gasteiger partial charge in [0, 0.05) is 11.4 Å². The molecule has 0 aliphatic heterocycles. The molecule has 18 heavy (non-hydrogen) atoms. The number of rotatable bonds is 4. The van der Waals surface area contributed by atoms with E-state index in [-0.39, 0.29) is 11.5 Å². The summed E-state index contributed by atoms with van der Waals surface area (Å²) >= 11 is 0. The van der Waals surface area contributed by atoms with Gasteiger partial charge in [0.25, 0.3) is 0 Å². The number of nitrogens with two attached hydrogens (primary N) is 1. The normalized spacial score (nSPS) is 13.8. The van der Waals surface area contributed by atoms with Crippen LogP contribution >= 0.6 is 0 Å². The second-order valence-corrected chi connectivity index (χ2v) is 5.55. The van der Waals surface area contributed by atoms with Gasteiger partial charge in [0.2, 0.25) is 0 Å². The number of benzene rings is 1. The molecule has 2 rings (SSSR count). The zero-order valence-corrected chi connectivity index (χ0v) is 11.5. The molecular formula is C15H21NO2. The Morgan fingerprint density at radius 3 is 2.72 bits per heavy atom. The van der Waals surface area contributed by atoms with Gasteiger partial charge in [0.1, 0.15) is 0 Å². The van der Waals surface area contributed by atoms with Crippen LogP contribution in [0.15, 0.2) is 28.9 Å². The van der Waals surface area contributed by atoms with Crippen LogP contribution in [-0.4, -0.2) is 13.2 Å². The van der Waals surface area contributed by atoms with Crippen LogP contribution in [0.1, 0.15) is 26.3 Å². The first kappa shape index (κ1) is 13.0. The van der Waals surface area contributed by atoms with Crippen LogP contribution in [0.25, 0.3) is 11.0 Å². The van der Waals surface area contributed by atoms with Crippen LogP contribution in [0.5, 0.6) is 5.75 Å². The van der Waals surface area contributed by atoms with E-state index in [0.29, 0.717) is 0 Å². The number of fused-ring (bicyclic) bond motifs is 1. The van der Waals surface area contributed by atoms with Crippen LogP contribution < -0.4 is 10.5 Å². The molecule has 1 aromatic heterocycles. The third-order valence-electron chi connectivity index (χ3n) is 3.74. The van der Waals surface area contributed by atoms with E-state index in [1.807, 2.05) is 25.3 Å². The number of furan rings is 1. The summed E-state index contributed by atoms with van der Waals surface area (Å²) in [6.45, 7) is 6.40. The van der Waals surface area contributed by atoms with Crippen molar-refractivity contribution in [1.29, 1.82) is 0 Å². The molecule has 0 aliphatic carbocycles. The lowest BCUT2D eigenvalue weighted by Gasteiger charge is -2.28. The van der Waals surface area contributed by atoms with E-state index in [1.165, 1.54) is 5.56 Å². The second kappa shape index (κ2) is 4.65. The predicted molar refractivity (Wildman–Crippen MR) is 73.9 cm³/mol. The summed E-state index contributed by atoms with van der Waals surface area (Å²) in [6.07, 6.45) is 2.71. The fourth-order valence-corrected chi connectivity index (χ4v) is 2.03. The molecular weight excluding hydrogens is 226 g/mol. The molecule has 1 heterocycles. The van der Waals surface area contributed by atoms with Crippen molar-refractivity contribution < 1.29 is 9.15 Å². The fraction of sp³-hybridized carbons (Fsp3) is 0.467. The minimum Gasteiger partial charge on any atom is -0.493 e.